The van der Waals surface area contributed by atoms with E-state index in [1.165, 1.54) is 11.6 Å². The van der Waals surface area contributed by atoms with Crippen LogP contribution >= 0.6 is 0 Å². The van der Waals surface area contributed by atoms with Crippen LogP contribution in [0.2, 0.25) is 0 Å². The molecule has 6 nitrogen and oxygen atoms in total. The molecule has 4 heterocycles. The van der Waals surface area contributed by atoms with Crippen molar-refractivity contribution in [2.75, 3.05) is 38.2 Å². The van der Waals surface area contributed by atoms with Gasteiger partial charge in [-0.3, -0.25) is 0 Å². The Kier molecular flexibility index (Phi) is 6.51. The molecule has 0 aliphatic carbocycles. The van der Waals surface area contributed by atoms with Crippen LogP contribution in [0.25, 0.3) is 22.2 Å². The Balaban J connectivity index is 1.28. The van der Waals surface area contributed by atoms with Gasteiger partial charge < -0.3 is 19.0 Å². The number of halogens is 2. The van der Waals surface area contributed by atoms with Gasteiger partial charge in [-0.15, -0.1) is 0 Å². The molecule has 2 aromatic carbocycles. The lowest BCUT2D eigenvalue weighted by Gasteiger charge is -2.34. The minimum absolute atomic E-state index is 0.0617. The zero-order valence-electron chi connectivity index (χ0n) is 22.0. The number of furan rings is 1. The second kappa shape index (κ2) is 9.98. The van der Waals surface area contributed by atoms with Crippen LogP contribution in [0.1, 0.15) is 49.8 Å². The van der Waals surface area contributed by atoms with Crippen LogP contribution in [0.5, 0.6) is 5.75 Å². The Morgan fingerprint density at radius 2 is 1.84 bits per heavy atom. The van der Waals surface area contributed by atoms with Gasteiger partial charge in [-0.2, -0.15) is 0 Å². The predicted molar refractivity (Wildman–Crippen MR) is 144 cm³/mol. The highest BCUT2D eigenvalue weighted by atomic mass is 19.1. The molecular weight excluding hydrogens is 486 g/mol. The average molecular weight is 519 g/mol. The van der Waals surface area contributed by atoms with E-state index in [1.807, 2.05) is 26.0 Å². The van der Waals surface area contributed by atoms with Crippen LogP contribution in [0.15, 0.2) is 47.0 Å². The van der Waals surface area contributed by atoms with Gasteiger partial charge in [0.2, 0.25) is 0 Å². The number of rotatable bonds is 5. The lowest BCUT2D eigenvalue weighted by molar-refractivity contribution is 0.255. The number of hydrogen-bond acceptors (Lipinski definition) is 6. The average Bonchev–Trinajstić information content (AvgIpc) is 3.31. The van der Waals surface area contributed by atoms with E-state index in [9.17, 15) is 4.39 Å². The first kappa shape index (κ1) is 24.8. The molecule has 0 atom stereocenters. The highest BCUT2D eigenvalue weighted by Gasteiger charge is 2.26. The monoisotopic (exact) mass is 518 g/mol. The summed E-state index contributed by atoms with van der Waals surface area (Å²) < 4.78 is 41.6. The Morgan fingerprint density at radius 1 is 1.03 bits per heavy atom. The minimum Gasteiger partial charge on any atom is -0.486 e. The first-order chi connectivity index (χ1) is 18.4. The van der Waals surface area contributed by atoms with E-state index in [0.29, 0.717) is 48.3 Å². The maximum Gasteiger partial charge on any atom is 0.178 e. The molecule has 6 rings (SSSR count). The molecule has 198 valence electrons. The normalized spacial score (nSPS) is 16.7. The molecule has 0 radical (unpaired) electrons. The summed E-state index contributed by atoms with van der Waals surface area (Å²) in [6, 6.07) is 11.6. The van der Waals surface area contributed by atoms with Gasteiger partial charge in [0.1, 0.15) is 29.5 Å². The fraction of sp³-hybridized carbons (Fsp3) is 0.400. The van der Waals surface area contributed by atoms with Crippen molar-refractivity contribution in [3.05, 3.63) is 71.4 Å². The summed E-state index contributed by atoms with van der Waals surface area (Å²) in [7, 11) is 2.17. The predicted octanol–water partition coefficient (Wildman–Crippen LogP) is 6.18. The molecule has 0 bridgehead atoms. The first-order valence-corrected chi connectivity index (χ1v) is 13.3. The van der Waals surface area contributed by atoms with Crippen molar-refractivity contribution >= 4 is 16.7 Å². The first-order valence-electron chi connectivity index (χ1n) is 13.3. The third-order valence-electron chi connectivity index (χ3n) is 7.72. The van der Waals surface area contributed by atoms with Crippen LogP contribution in [0, 0.1) is 11.6 Å². The standard InChI is InChI=1S/C30H32F2N4O2/c1-18(2)36-10-11-37-30-24(31)14-22(15-26(30)36)29-25(32)17-33-28(34-29)16-23-13-21-12-20(4-5-27(21)38-23)19-6-8-35(3)9-7-19/h4-5,12-15,17-19H,6-11,16H2,1-3H3. The number of piperidine rings is 1. The van der Waals surface area contributed by atoms with Crippen molar-refractivity contribution in [3.63, 3.8) is 0 Å². The van der Waals surface area contributed by atoms with E-state index in [1.54, 1.807) is 6.07 Å². The highest BCUT2D eigenvalue weighted by molar-refractivity contribution is 5.79. The Bertz CT molecular complexity index is 1480. The van der Waals surface area contributed by atoms with Gasteiger partial charge in [0.05, 0.1) is 24.8 Å². The van der Waals surface area contributed by atoms with Gasteiger partial charge in [0.25, 0.3) is 0 Å². The lowest BCUT2D eigenvalue weighted by atomic mass is 9.89. The highest BCUT2D eigenvalue weighted by Crippen LogP contribution is 2.39. The van der Waals surface area contributed by atoms with Crippen LogP contribution in [0.4, 0.5) is 14.5 Å². The molecule has 0 N–H and O–H groups in total. The molecule has 1 saturated heterocycles. The van der Waals surface area contributed by atoms with Crippen molar-refractivity contribution in [2.24, 2.45) is 0 Å². The molecule has 1 fully saturated rings. The van der Waals surface area contributed by atoms with Crippen LogP contribution < -0.4 is 9.64 Å². The Morgan fingerprint density at radius 3 is 2.63 bits per heavy atom. The topological polar surface area (TPSA) is 54.6 Å². The Hall–Kier alpha value is -3.52. The SMILES string of the molecule is CC(C)N1CCOc2c(F)cc(-c3nc(Cc4cc5cc(C6CCN(C)CC6)ccc5o4)ncc3F)cc21. The summed E-state index contributed by atoms with van der Waals surface area (Å²) in [6.07, 6.45) is 3.76. The number of aromatic nitrogens is 2. The van der Waals surface area contributed by atoms with E-state index in [2.05, 4.69) is 38.9 Å². The fourth-order valence-electron chi connectivity index (χ4n) is 5.62. The largest absolute Gasteiger partial charge is 0.486 e. The molecule has 2 aromatic heterocycles. The van der Waals surface area contributed by atoms with E-state index >= 15 is 4.39 Å². The second-order valence-corrected chi connectivity index (χ2v) is 10.7. The second-order valence-electron chi connectivity index (χ2n) is 10.7. The summed E-state index contributed by atoms with van der Waals surface area (Å²) >= 11 is 0. The van der Waals surface area contributed by atoms with Gasteiger partial charge >= 0.3 is 0 Å². The third kappa shape index (κ3) is 4.73. The third-order valence-corrected chi connectivity index (χ3v) is 7.72. The summed E-state index contributed by atoms with van der Waals surface area (Å²) in [5, 5.41) is 1.05. The van der Waals surface area contributed by atoms with Crippen molar-refractivity contribution < 1.29 is 17.9 Å². The summed E-state index contributed by atoms with van der Waals surface area (Å²) in [4.78, 5) is 13.1. The number of nitrogens with zero attached hydrogens (tertiary/aromatic N) is 4. The number of benzene rings is 2. The smallest absolute Gasteiger partial charge is 0.178 e. The van der Waals surface area contributed by atoms with Gasteiger partial charge in [0, 0.05) is 17.0 Å². The fourth-order valence-corrected chi connectivity index (χ4v) is 5.62. The molecule has 2 aliphatic rings. The van der Waals surface area contributed by atoms with Crippen LogP contribution in [-0.4, -0.2) is 54.2 Å². The zero-order chi connectivity index (χ0) is 26.4. The molecule has 0 saturated carbocycles. The van der Waals surface area contributed by atoms with Crippen molar-refractivity contribution in [3.8, 4) is 17.0 Å². The van der Waals surface area contributed by atoms with Crippen molar-refractivity contribution in [2.45, 2.75) is 45.1 Å². The minimum atomic E-state index is -0.603. The summed E-state index contributed by atoms with van der Waals surface area (Å²) in [6.45, 7) is 7.34. The summed E-state index contributed by atoms with van der Waals surface area (Å²) in [5.41, 5.74) is 3.17. The maximum atomic E-state index is 15.0. The molecule has 2 aliphatic heterocycles. The lowest BCUT2D eigenvalue weighted by Crippen LogP contribution is -2.38. The van der Waals surface area contributed by atoms with Gasteiger partial charge in [0.15, 0.2) is 17.4 Å². The molecule has 0 unspecified atom stereocenters. The Labute approximate surface area is 221 Å². The van der Waals surface area contributed by atoms with Gasteiger partial charge in [-0.1, -0.05) is 6.07 Å². The molecule has 0 amide bonds. The molecular formula is C30H32F2N4O2. The van der Waals surface area contributed by atoms with Crippen LogP contribution in [-0.2, 0) is 6.42 Å². The number of fused-ring (bicyclic) bond motifs is 2. The molecule has 38 heavy (non-hydrogen) atoms. The van der Waals surface area contributed by atoms with E-state index in [4.69, 9.17) is 9.15 Å². The van der Waals surface area contributed by atoms with E-state index in [0.717, 1.165) is 43.1 Å². The zero-order valence-corrected chi connectivity index (χ0v) is 22.0. The van der Waals surface area contributed by atoms with E-state index < -0.39 is 11.6 Å². The number of likely N-dealkylation sites (tertiary alicyclic amines) is 1. The van der Waals surface area contributed by atoms with Crippen molar-refractivity contribution in [1.82, 2.24) is 14.9 Å². The molecule has 4 aromatic rings. The quantitative estimate of drug-likeness (QED) is 0.315. The molecule has 0 spiro atoms. The number of anilines is 1. The number of hydrogen-bond donors (Lipinski definition) is 0. The van der Waals surface area contributed by atoms with E-state index in [-0.39, 0.29) is 17.5 Å². The molecule has 8 heteroatoms. The summed E-state index contributed by atoms with van der Waals surface area (Å²) in [5.74, 6) is 0.741. The van der Waals surface area contributed by atoms with Gasteiger partial charge in [-0.25, -0.2) is 18.7 Å². The van der Waals surface area contributed by atoms with Crippen molar-refractivity contribution in [1.29, 1.82) is 0 Å². The number of ether oxygens (including phenoxy) is 1. The van der Waals surface area contributed by atoms with Gasteiger partial charge in [-0.05, 0) is 88.6 Å². The van der Waals surface area contributed by atoms with Crippen LogP contribution in [0.3, 0.4) is 0 Å². The maximum absolute atomic E-state index is 15.0.